The summed E-state index contributed by atoms with van der Waals surface area (Å²) in [5.74, 6) is 0.322. The standard InChI is InChI=1S/C30H39N3O3/c1-7-33(8-2)25-16-17-26(27(20-25)35-9-3)30(21-24(29(34)36-30)15-13-18-31-6)28-22(4)14-11-10-12-19-32-23(28)5/h10-18,20-22,32H,7-9,19H2,1-6H3/b12-10-,14-11-,15-13-,28-23+,31-18?. The third-order valence-electron chi connectivity index (χ3n) is 6.54. The molecule has 0 amide bonds. The van der Waals surface area contributed by atoms with Gasteiger partial charge in [-0.05, 0) is 58.1 Å². The van der Waals surface area contributed by atoms with E-state index in [-0.39, 0.29) is 11.9 Å². The number of carbonyl (C=O) groups is 1. The van der Waals surface area contributed by atoms with Crippen LogP contribution in [0.2, 0.25) is 0 Å². The van der Waals surface area contributed by atoms with E-state index in [0.717, 1.165) is 35.6 Å². The van der Waals surface area contributed by atoms with Crippen LogP contribution >= 0.6 is 0 Å². The minimum absolute atomic E-state index is 0.0123. The SMILES string of the molecule is CCOc1cc(N(CC)CC)ccc1C1(/C2=C(\C)NC/C=C\C=C/C2C)C=C(/C=C\C=NC)C(=O)O1. The van der Waals surface area contributed by atoms with Gasteiger partial charge in [-0.25, -0.2) is 4.79 Å². The number of nitrogens with zero attached hydrogens (tertiary/aromatic N) is 2. The number of rotatable bonds is 9. The highest BCUT2D eigenvalue weighted by atomic mass is 16.6. The van der Waals surface area contributed by atoms with Crippen LogP contribution in [0, 0.1) is 5.92 Å². The monoisotopic (exact) mass is 489 g/mol. The van der Waals surface area contributed by atoms with Crippen molar-refractivity contribution < 1.29 is 14.3 Å². The number of aliphatic imine (C=N–C) groups is 1. The van der Waals surface area contributed by atoms with Gasteiger partial charge in [0.1, 0.15) is 5.75 Å². The minimum Gasteiger partial charge on any atom is -0.493 e. The summed E-state index contributed by atoms with van der Waals surface area (Å²) in [6.07, 6.45) is 15.4. The quantitative estimate of drug-likeness (QED) is 0.367. The van der Waals surface area contributed by atoms with Crippen LogP contribution in [-0.2, 0) is 15.1 Å². The molecule has 0 bridgehead atoms. The average Bonchev–Trinajstić information content (AvgIpc) is 3.22. The lowest BCUT2D eigenvalue weighted by Gasteiger charge is -2.36. The van der Waals surface area contributed by atoms with Gasteiger partial charge in [0.2, 0.25) is 0 Å². The van der Waals surface area contributed by atoms with Crippen molar-refractivity contribution in [1.82, 2.24) is 5.32 Å². The van der Waals surface area contributed by atoms with Crippen LogP contribution < -0.4 is 15.0 Å². The molecule has 0 saturated heterocycles. The molecule has 0 fully saturated rings. The number of cyclic esters (lactones) is 1. The van der Waals surface area contributed by atoms with Crippen LogP contribution in [-0.4, -0.2) is 45.5 Å². The molecule has 2 aliphatic rings. The van der Waals surface area contributed by atoms with Gasteiger partial charge >= 0.3 is 5.97 Å². The largest absolute Gasteiger partial charge is 0.493 e. The van der Waals surface area contributed by atoms with E-state index < -0.39 is 5.60 Å². The predicted molar refractivity (Wildman–Crippen MR) is 149 cm³/mol. The number of benzene rings is 1. The van der Waals surface area contributed by atoms with Crippen molar-refractivity contribution in [3.05, 3.63) is 83.1 Å². The van der Waals surface area contributed by atoms with Gasteiger partial charge in [-0.2, -0.15) is 0 Å². The van der Waals surface area contributed by atoms with Gasteiger partial charge in [0, 0.05) is 67.4 Å². The predicted octanol–water partition coefficient (Wildman–Crippen LogP) is 5.49. The van der Waals surface area contributed by atoms with Crippen molar-refractivity contribution in [1.29, 1.82) is 0 Å². The molecule has 36 heavy (non-hydrogen) atoms. The minimum atomic E-state index is -1.13. The Morgan fingerprint density at radius 3 is 2.72 bits per heavy atom. The summed E-state index contributed by atoms with van der Waals surface area (Å²) in [7, 11) is 1.70. The molecule has 1 aromatic rings. The van der Waals surface area contributed by atoms with E-state index in [2.05, 4.69) is 60.3 Å². The van der Waals surface area contributed by atoms with Crippen LogP contribution in [0.25, 0.3) is 0 Å². The Labute approximate surface area is 215 Å². The fourth-order valence-electron chi connectivity index (χ4n) is 4.89. The lowest BCUT2D eigenvalue weighted by Crippen LogP contribution is -2.34. The molecule has 0 radical (unpaired) electrons. The fraction of sp³-hybridized carbons (Fsp3) is 0.400. The van der Waals surface area contributed by atoms with Gasteiger partial charge in [-0.1, -0.05) is 31.2 Å². The first-order valence-electron chi connectivity index (χ1n) is 12.8. The molecule has 6 nitrogen and oxygen atoms in total. The Balaban J connectivity index is 2.32. The molecular formula is C30H39N3O3. The van der Waals surface area contributed by atoms with Crippen molar-refractivity contribution in [2.24, 2.45) is 10.9 Å². The Morgan fingerprint density at radius 2 is 2.03 bits per heavy atom. The van der Waals surface area contributed by atoms with E-state index >= 15 is 0 Å². The van der Waals surface area contributed by atoms with Crippen molar-refractivity contribution in [3.8, 4) is 5.75 Å². The van der Waals surface area contributed by atoms with E-state index in [1.165, 1.54) is 0 Å². The molecule has 2 aliphatic heterocycles. The summed E-state index contributed by atoms with van der Waals surface area (Å²) < 4.78 is 12.6. The highest BCUT2D eigenvalue weighted by Crippen LogP contribution is 2.49. The molecule has 0 aromatic heterocycles. The van der Waals surface area contributed by atoms with E-state index in [9.17, 15) is 4.79 Å². The van der Waals surface area contributed by atoms with Gasteiger partial charge in [0.05, 0.1) is 12.2 Å². The molecule has 192 valence electrons. The number of ether oxygens (including phenoxy) is 2. The smallest absolute Gasteiger partial charge is 0.339 e. The second-order valence-corrected chi connectivity index (χ2v) is 8.80. The fourth-order valence-corrected chi connectivity index (χ4v) is 4.89. The third kappa shape index (κ3) is 5.64. The first-order chi connectivity index (χ1) is 17.4. The molecular weight excluding hydrogens is 450 g/mol. The van der Waals surface area contributed by atoms with E-state index in [0.29, 0.717) is 24.5 Å². The maximum Gasteiger partial charge on any atom is 0.339 e. The van der Waals surface area contributed by atoms with E-state index in [1.807, 2.05) is 38.1 Å². The molecule has 2 atom stereocenters. The third-order valence-corrected chi connectivity index (χ3v) is 6.54. The second-order valence-electron chi connectivity index (χ2n) is 8.80. The summed E-state index contributed by atoms with van der Waals surface area (Å²) in [6.45, 7) is 13.4. The van der Waals surface area contributed by atoms with Gasteiger partial charge in [-0.3, -0.25) is 4.99 Å². The Kier molecular flexibility index (Phi) is 9.34. The molecule has 3 rings (SSSR count). The summed E-state index contributed by atoms with van der Waals surface area (Å²) in [6, 6.07) is 6.20. The zero-order valence-corrected chi connectivity index (χ0v) is 22.4. The lowest BCUT2D eigenvalue weighted by atomic mass is 9.77. The maximum absolute atomic E-state index is 13.3. The van der Waals surface area contributed by atoms with E-state index in [1.54, 1.807) is 25.4 Å². The number of anilines is 1. The molecule has 0 spiro atoms. The first kappa shape index (κ1) is 27.1. The zero-order chi connectivity index (χ0) is 26.1. The summed E-state index contributed by atoms with van der Waals surface area (Å²) >= 11 is 0. The number of hydrogen-bond donors (Lipinski definition) is 1. The number of esters is 1. The molecule has 1 N–H and O–H groups in total. The van der Waals surface area contributed by atoms with Gasteiger partial charge in [0.25, 0.3) is 0 Å². The Morgan fingerprint density at radius 1 is 1.25 bits per heavy atom. The van der Waals surface area contributed by atoms with Crippen LogP contribution in [0.5, 0.6) is 5.75 Å². The molecule has 6 heteroatoms. The molecule has 1 aromatic carbocycles. The van der Waals surface area contributed by atoms with E-state index in [4.69, 9.17) is 9.47 Å². The van der Waals surface area contributed by atoms with Crippen LogP contribution in [0.1, 0.15) is 40.2 Å². The van der Waals surface area contributed by atoms with Crippen LogP contribution in [0.4, 0.5) is 5.69 Å². The number of nitrogens with one attached hydrogen (secondary N) is 1. The molecule has 0 saturated carbocycles. The molecule has 2 heterocycles. The summed E-state index contributed by atoms with van der Waals surface area (Å²) in [5.41, 5.74) is 3.19. The number of hydrogen-bond acceptors (Lipinski definition) is 6. The number of carbonyl (C=O) groups excluding carboxylic acids is 1. The van der Waals surface area contributed by atoms with Crippen LogP contribution in [0.15, 0.2) is 82.6 Å². The molecule has 0 aliphatic carbocycles. The van der Waals surface area contributed by atoms with Crippen molar-refractivity contribution in [3.63, 3.8) is 0 Å². The van der Waals surface area contributed by atoms with Gasteiger partial charge in [0.15, 0.2) is 5.60 Å². The van der Waals surface area contributed by atoms with Gasteiger partial charge < -0.3 is 19.7 Å². The van der Waals surface area contributed by atoms with Crippen molar-refractivity contribution >= 4 is 17.9 Å². The summed E-state index contributed by atoms with van der Waals surface area (Å²) in [4.78, 5) is 19.5. The normalized spacial score (nSPS) is 26.1. The Hall–Kier alpha value is -3.54. The zero-order valence-electron chi connectivity index (χ0n) is 22.4. The van der Waals surface area contributed by atoms with Crippen molar-refractivity contribution in [2.45, 2.75) is 40.2 Å². The second kappa shape index (κ2) is 12.4. The number of allylic oxidation sites excluding steroid dienone is 5. The molecule has 2 unspecified atom stereocenters. The first-order valence-corrected chi connectivity index (χ1v) is 12.8. The van der Waals surface area contributed by atoms with Crippen LogP contribution in [0.3, 0.4) is 0 Å². The van der Waals surface area contributed by atoms with Gasteiger partial charge in [-0.15, -0.1) is 0 Å². The summed E-state index contributed by atoms with van der Waals surface area (Å²) in [5, 5.41) is 3.50. The highest BCUT2D eigenvalue weighted by Gasteiger charge is 2.48. The Bertz CT molecular complexity index is 1120. The van der Waals surface area contributed by atoms with Crippen molar-refractivity contribution in [2.75, 3.05) is 38.2 Å². The average molecular weight is 490 g/mol. The topological polar surface area (TPSA) is 63.2 Å². The maximum atomic E-state index is 13.3. The lowest BCUT2D eigenvalue weighted by molar-refractivity contribution is -0.144. The highest BCUT2D eigenvalue weighted by molar-refractivity contribution is 5.96.